The van der Waals surface area contributed by atoms with E-state index in [9.17, 15) is 0 Å². The quantitative estimate of drug-likeness (QED) is 0.169. The normalized spacial score (nSPS) is 11.5. The van der Waals surface area contributed by atoms with Crippen LogP contribution in [0.5, 0.6) is 0 Å². The molecule has 0 N–H and O–H groups in total. The first-order valence-corrected chi connectivity index (χ1v) is 17.5. The molecule has 0 saturated heterocycles. The lowest BCUT2D eigenvalue weighted by atomic mass is 9.86. The van der Waals surface area contributed by atoms with Crippen LogP contribution in [0, 0.1) is 0 Å². The van der Waals surface area contributed by atoms with Crippen molar-refractivity contribution in [3.05, 3.63) is 194 Å². The third-order valence-corrected chi connectivity index (χ3v) is 10.3. The second kappa shape index (κ2) is 12.0. The van der Waals surface area contributed by atoms with Crippen molar-refractivity contribution in [2.75, 3.05) is 0 Å². The minimum atomic E-state index is 0.892. The fourth-order valence-corrected chi connectivity index (χ4v) is 7.91. The van der Waals surface area contributed by atoms with E-state index in [1.165, 1.54) is 71.6 Å². The second-order valence-corrected chi connectivity index (χ2v) is 13.2. The summed E-state index contributed by atoms with van der Waals surface area (Å²) in [6, 6.07) is 69.8. The maximum atomic E-state index is 6.57. The van der Waals surface area contributed by atoms with Gasteiger partial charge >= 0.3 is 0 Å². The van der Waals surface area contributed by atoms with Crippen LogP contribution < -0.4 is 0 Å². The van der Waals surface area contributed by atoms with E-state index in [0.717, 1.165) is 27.5 Å². The van der Waals surface area contributed by atoms with E-state index in [0.29, 0.717) is 0 Å². The Balaban J connectivity index is 1.09. The summed E-state index contributed by atoms with van der Waals surface area (Å²) in [4.78, 5) is 0. The molecule has 0 aliphatic heterocycles. The third kappa shape index (κ3) is 4.94. The molecular weight excluding hydrogens is 617 g/mol. The van der Waals surface area contributed by atoms with Crippen LogP contribution in [0.2, 0.25) is 0 Å². The van der Waals surface area contributed by atoms with E-state index in [4.69, 9.17) is 4.42 Å². The number of rotatable bonds is 5. The molecule has 0 amide bonds. The minimum absolute atomic E-state index is 0.892. The average molecular weight is 649 g/mol. The van der Waals surface area contributed by atoms with Gasteiger partial charge in [-0.1, -0.05) is 170 Å². The minimum Gasteiger partial charge on any atom is -0.456 e. The van der Waals surface area contributed by atoms with E-state index >= 15 is 0 Å². The van der Waals surface area contributed by atoms with Gasteiger partial charge in [-0.15, -0.1) is 0 Å². The highest BCUT2D eigenvalue weighted by Crippen LogP contribution is 2.45. The topological polar surface area (TPSA) is 13.1 Å². The second-order valence-electron chi connectivity index (χ2n) is 13.2. The van der Waals surface area contributed by atoms with Gasteiger partial charge < -0.3 is 4.42 Å². The molecule has 0 atom stereocenters. The average Bonchev–Trinajstić information content (AvgIpc) is 3.58. The molecule has 0 aliphatic rings. The van der Waals surface area contributed by atoms with Crippen LogP contribution in [0.1, 0.15) is 0 Å². The molecule has 0 saturated carbocycles. The molecule has 238 valence electrons. The predicted molar refractivity (Wildman–Crippen MR) is 216 cm³/mol. The standard InChI is InChI=1S/C50H32O/c1-3-13-33(14-4-1)34-23-25-35(26-24-34)39-17-7-8-18-40(39)37-27-29-41-46-31-38(28-30-47(46)51-48(41)32-37)50-44-21-11-9-19-42(44)49(36-15-5-2-6-16-36)43-20-10-12-22-45(43)50/h1-32H. The Kier molecular flexibility index (Phi) is 6.89. The molecule has 10 aromatic rings. The zero-order valence-corrected chi connectivity index (χ0v) is 27.9. The molecule has 0 spiro atoms. The molecule has 0 aliphatic carbocycles. The summed E-state index contributed by atoms with van der Waals surface area (Å²) in [5, 5.41) is 7.25. The summed E-state index contributed by atoms with van der Waals surface area (Å²) in [5.41, 5.74) is 13.9. The van der Waals surface area contributed by atoms with Crippen LogP contribution >= 0.6 is 0 Å². The van der Waals surface area contributed by atoms with Gasteiger partial charge in [-0.3, -0.25) is 0 Å². The molecule has 9 aromatic carbocycles. The van der Waals surface area contributed by atoms with E-state index in [1.807, 2.05) is 0 Å². The fourth-order valence-electron chi connectivity index (χ4n) is 7.91. The van der Waals surface area contributed by atoms with E-state index in [1.54, 1.807) is 0 Å². The number of hydrogen-bond acceptors (Lipinski definition) is 1. The fraction of sp³-hybridized carbons (Fsp3) is 0. The number of hydrogen-bond donors (Lipinski definition) is 0. The van der Waals surface area contributed by atoms with Crippen molar-refractivity contribution >= 4 is 43.5 Å². The number of furan rings is 1. The lowest BCUT2D eigenvalue weighted by Crippen LogP contribution is -1.90. The summed E-state index contributed by atoms with van der Waals surface area (Å²) in [6.45, 7) is 0. The summed E-state index contributed by atoms with van der Waals surface area (Å²) in [7, 11) is 0. The van der Waals surface area contributed by atoms with Gasteiger partial charge in [-0.25, -0.2) is 0 Å². The SMILES string of the molecule is c1ccc(-c2ccc(-c3ccccc3-c3ccc4c(c3)oc3ccc(-c5c6ccccc6c(-c6ccccc6)c6ccccc56)cc34)cc2)cc1. The van der Waals surface area contributed by atoms with Crippen molar-refractivity contribution in [3.63, 3.8) is 0 Å². The highest BCUT2D eigenvalue weighted by atomic mass is 16.3. The third-order valence-electron chi connectivity index (χ3n) is 10.3. The number of fused-ring (bicyclic) bond motifs is 5. The van der Waals surface area contributed by atoms with Crippen molar-refractivity contribution in [3.8, 4) is 55.6 Å². The Labute approximate surface area is 296 Å². The molecule has 0 unspecified atom stereocenters. The van der Waals surface area contributed by atoms with Gasteiger partial charge in [0.15, 0.2) is 0 Å². The zero-order valence-electron chi connectivity index (χ0n) is 27.9. The summed E-state index contributed by atoms with van der Waals surface area (Å²) >= 11 is 0. The Morgan fingerprint density at radius 3 is 1.31 bits per heavy atom. The molecule has 51 heavy (non-hydrogen) atoms. The molecule has 0 fully saturated rings. The van der Waals surface area contributed by atoms with E-state index < -0.39 is 0 Å². The lowest BCUT2D eigenvalue weighted by molar-refractivity contribution is 0.669. The summed E-state index contributed by atoms with van der Waals surface area (Å²) < 4.78 is 6.57. The summed E-state index contributed by atoms with van der Waals surface area (Å²) in [5.74, 6) is 0. The van der Waals surface area contributed by atoms with Gasteiger partial charge in [0.2, 0.25) is 0 Å². The maximum Gasteiger partial charge on any atom is 0.136 e. The molecule has 1 heteroatoms. The van der Waals surface area contributed by atoms with Crippen molar-refractivity contribution < 1.29 is 4.42 Å². The Bertz CT molecular complexity index is 2820. The molecule has 0 bridgehead atoms. The van der Waals surface area contributed by atoms with Crippen molar-refractivity contribution in [2.45, 2.75) is 0 Å². The van der Waals surface area contributed by atoms with Gasteiger partial charge in [-0.2, -0.15) is 0 Å². The van der Waals surface area contributed by atoms with Crippen LogP contribution in [0.3, 0.4) is 0 Å². The molecule has 1 heterocycles. The predicted octanol–water partition coefficient (Wildman–Crippen LogP) is 14.2. The molecule has 0 radical (unpaired) electrons. The summed E-state index contributed by atoms with van der Waals surface area (Å²) in [6.07, 6.45) is 0. The lowest BCUT2D eigenvalue weighted by Gasteiger charge is -2.17. The number of benzene rings is 9. The van der Waals surface area contributed by atoms with Crippen molar-refractivity contribution in [1.29, 1.82) is 0 Å². The highest BCUT2D eigenvalue weighted by molar-refractivity contribution is 6.22. The molecular formula is C50H32O. The smallest absolute Gasteiger partial charge is 0.136 e. The van der Waals surface area contributed by atoms with E-state index in [2.05, 4.69) is 194 Å². The Morgan fingerprint density at radius 1 is 0.235 bits per heavy atom. The first-order valence-electron chi connectivity index (χ1n) is 17.5. The van der Waals surface area contributed by atoms with Crippen LogP contribution in [0.15, 0.2) is 199 Å². The van der Waals surface area contributed by atoms with Crippen LogP contribution in [-0.2, 0) is 0 Å². The largest absolute Gasteiger partial charge is 0.456 e. The maximum absolute atomic E-state index is 6.57. The monoisotopic (exact) mass is 648 g/mol. The van der Waals surface area contributed by atoms with Crippen LogP contribution in [0.4, 0.5) is 0 Å². The molecule has 1 aromatic heterocycles. The van der Waals surface area contributed by atoms with Gasteiger partial charge in [0.1, 0.15) is 11.2 Å². The first-order chi connectivity index (χ1) is 25.3. The van der Waals surface area contributed by atoms with Gasteiger partial charge in [0.05, 0.1) is 0 Å². The Hall–Kier alpha value is -6.70. The first kappa shape index (κ1) is 29.2. The highest BCUT2D eigenvalue weighted by Gasteiger charge is 2.18. The van der Waals surface area contributed by atoms with E-state index in [-0.39, 0.29) is 0 Å². The molecule has 10 rings (SSSR count). The molecule has 1 nitrogen and oxygen atoms in total. The van der Waals surface area contributed by atoms with Crippen molar-refractivity contribution in [1.82, 2.24) is 0 Å². The van der Waals surface area contributed by atoms with Crippen molar-refractivity contribution in [2.24, 2.45) is 0 Å². The van der Waals surface area contributed by atoms with Gasteiger partial charge in [0.25, 0.3) is 0 Å². The van der Waals surface area contributed by atoms with Crippen LogP contribution in [-0.4, -0.2) is 0 Å². The van der Waals surface area contributed by atoms with Crippen LogP contribution in [0.25, 0.3) is 99.1 Å². The van der Waals surface area contributed by atoms with Gasteiger partial charge in [-0.05, 0) is 101 Å². The Morgan fingerprint density at radius 2 is 0.686 bits per heavy atom. The zero-order chi connectivity index (χ0) is 33.7. The van der Waals surface area contributed by atoms with Gasteiger partial charge in [0, 0.05) is 10.8 Å².